The van der Waals surface area contributed by atoms with Crippen molar-refractivity contribution < 1.29 is 19.0 Å². The van der Waals surface area contributed by atoms with E-state index in [0.717, 1.165) is 6.42 Å². The quantitative estimate of drug-likeness (QED) is 0.816. The molecule has 1 aliphatic heterocycles. The van der Waals surface area contributed by atoms with Crippen molar-refractivity contribution in [2.75, 3.05) is 33.5 Å². The molecule has 0 saturated carbocycles. The van der Waals surface area contributed by atoms with Crippen molar-refractivity contribution in [2.24, 2.45) is 5.73 Å². The lowest BCUT2D eigenvalue weighted by Gasteiger charge is -2.16. The van der Waals surface area contributed by atoms with Gasteiger partial charge in [0.15, 0.2) is 18.1 Å². The van der Waals surface area contributed by atoms with E-state index < -0.39 is 0 Å². The van der Waals surface area contributed by atoms with Crippen molar-refractivity contribution in [3.8, 4) is 17.2 Å². The molecule has 1 heterocycles. The van der Waals surface area contributed by atoms with Gasteiger partial charge in [-0.3, -0.25) is 4.79 Å². The summed E-state index contributed by atoms with van der Waals surface area (Å²) >= 11 is 0. The molecule has 1 aliphatic rings. The van der Waals surface area contributed by atoms with Crippen LogP contribution in [-0.2, 0) is 4.79 Å². The predicted molar refractivity (Wildman–Crippen MR) is 69.4 cm³/mol. The standard InChI is InChI=1S/C13H18N2O4/c1-15(6-2-5-14)13(16)8-17-10-3-4-11-12(7-10)19-9-18-11/h3-4,7H,2,5-6,8-9,14H2,1H3. The Labute approximate surface area is 112 Å². The van der Waals surface area contributed by atoms with Crippen LogP contribution in [0.4, 0.5) is 0 Å². The number of amides is 1. The first-order chi connectivity index (χ1) is 9.20. The van der Waals surface area contributed by atoms with Crippen molar-refractivity contribution >= 4 is 5.91 Å². The highest BCUT2D eigenvalue weighted by Gasteiger charge is 2.15. The Bertz CT molecular complexity index is 450. The lowest BCUT2D eigenvalue weighted by Crippen LogP contribution is -2.33. The van der Waals surface area contributed by atoms with Gasteiger partial charge in [0.05, 0.1) is 0 Å². The van der Waals surface area contributed by atoms with Gasteiger partial charge in [-0.2, -0.15) is 0 Å². The molecule has 6 nitrogen and oxygen atoms in total. The minimum absolute atomic E-state index is 0.000710. The Balaban J connectivity index is 1.83. The van der Waals surface area contributed by atoms with Gasteiger partial charge in [-0.25, -0.2) is 0 Å². The number of carbonyl (C=O) groups is 1. The number of hydrogen-bond donors (Lipinski definition) is 1. The van der Waals surface area contributed by atoms with Crippen molar-refractivity contribution in [1.82, 2.24) is 4.90 Å². The van der Waals surface area contributed by atoms with Crippen LogP contribution in [0.3, 0.4) is 0 Å². The molecule has 2 N–H and O–H groups in total. The second-order valence-corrected chi connectivity index (χ2v) is 4.26. The van der Waals surface area contributed by atoms with E-state index in [9.17, 15) is 4.79 Å². The zero-order valence-corrected chi connectivity index (χ0v) is 10.9. The van der Waals surface area contributed by atoms with Gasteiger partial charge in [0.1, 0.15) is 5.75 Å². The lowest BCUT2D eigenvalue weighted by molar-refractivity contribution is -0.132. The van der Waals surface area contributed by atoms with Crippen molar-refractivity contribution in [3.63, 3.8) is 0 Å². The summed E-state index contributed by atoms with van der Waals surface area (Å²) in [6.07, 6.45) is 0.784. The molecule has 0 saturated heterocycles. The van der Waals surface area contributed by atoms with Crippen LogP contribution in [0.5, 0.6) is 17.2 Å². The number of likely N-dealkylation sites (N-methyl/N-ethyl adjacent to an activating group) is 1. The van der Waals surface area contributed by atoms with Crippen LogP contribution in [0.15, 0.2) is 18.2 Å². The third kappa shape index (κ3) is 3.51. The van der Waals surface area contributed by atoms with Crippen molar-refractivity contribution in [2.45, 2.75) is 6.42 Å². The van der Waals surface area contributed by atoms with E-state index in [1.165, 1.54) is 0 Å². The third-order valence-electron chi connectivity index (χ3n) is 2.83. The zero-order chi connectivity index (χ0) is 13.7. The maximum absolute atomic E-state index is 11.8. The van der Waals surface area contributed by atoms with Crippen molar-refractivity contribution in [1.29, 1.82) is 0 Å². The molecule has 1 amide bonds. The summed E-state index contributed by atoms with van der Waals surface area (Å²) in [5.41, 5.74) is 5.40. The van der Waals surface area contributed by atoms with Crippen LogP contribution in [0.2, 0.25) is 0 Å². The largest absolute Gasteiger partial charge is 0.484 e. The molecule has 0 fully saturated rings. The number of carbonyl (C=O) groups excluding carboxylic acids is 1. The summed E-state index contributed by atoms with van der Waals surface area (Å²) in [7, 11) is 1.74. The molecule has 1 aromatic carbocycles. The van der Waals surface area contributed by atoms with Crippen LogP contribution >= 0.6 is 0 Å². The Morgan fingerprint density at radius 2 is 2.21 bits per heavy atom. The topological polar surface area (TPSA) is 74.0 Å². The van der Waals surface area contributed by atoms with E-state index >= 15 is 0 Å². The van der Waals surface area contributed by atoms with Crippen LogP contribution < -0.4 is 19.9 Å². The summed E-state index contributed by atoms with van der Waals surface area (Å²) in [5.74, 6) is 1.84. The highest BCUT2D eigenvalue weighted by Crippen LogP contribution is 2.34. The highest BCUT2D eigenvalue weighted by molar-refractivity contribution is 5.77. The van der Waals surface area contributed by atoms with E-state index in [2.05, 4.69) is 0 Å². The first-order valence-electron chi connectivity index (χ1n) is 6.17. The first-order valence-corrected chi connectivity index (χ1v) is 6.17. The molecular weight excluding hydrogens is 248 g/mol. The summed E-state index contributed by atoms with van der Waals surface area (Å²) in [4.78, 5) is 13.4. The maximum atomic E-state index is 11.8. The number of fused-ring (bicyclic) bond motifs is 1. The van der Waals surface area contributed by atoms with E-state index in [4.69, 9.17) is 19.9 Å². The molecular formula is C13H18N2O4. The average molecular weight is 266 g/mol. The van der Waals surface area contributed by atoms with Gasteiger partial charge in [-0.15, -0.1) is 0 Å². The summed E-state index contributed by atoms with van der Waals surface area (Å²) in [5, 5.41) is 0. The third-order valence-corrected chi connectivity index (χ3v) is 2.83. The van der Waals surface area contributed by atoms with E-state index in [0.29, 0.717) is 30.3 Å². The smallest absolute Gasteiger partial charge is 0.260 e. The fourth-order valence-electron chi connectivity index (χ4n) is 1.68. The molecule has 104 valence electrons. The molecule has 6 heteroatoms. The first kappa shape index (κ1) is 13.5. The van der Waals surface area contributed by atoms with Gasteiger partial charge in [-0.1, -0.05) is 0 Å². The second kappa shape index (κ2) is 6.29. The molecule has 0 spiro atoms. The normalized spacial score (nSPS) is 12.3. The van der Waals surface area contributed by atoms with E-state index in [1.807, 2.05) is 0 Å². The van der Waals surface area contributed by atoms with Gasteiger partial charge >= 0.3 is 0 Å². The monoisotopic (exact) mass is 266 g/mol. The fraction of sp³-hybridized carbons (Fsp3) is 0.462. The Kier molecular flexibility index (Phi) is 4.46. The molecule has 0 atom stereocenters. The summed E-state index contributed by atoms with van der Waals surface area (Å²) in [6.45, 7) is 1.43. The average Bonchev–Trinajstić information content (AvgIpc) is 2.89. The predicted octanol–water partition coefficient (Wildman–Crippen LogP) is 0.601. The summed E-state index contributed by atoms with van der Waals surface area (Å²) < 4.78 is 15.9. The van der Waals surface area contributed by atoms with Crippen LogP contribution in [0, 0.1) is 0 Å². The fourth-order valence-corrected chi connectivity index (χ4v) is 1.68. The number of benzene rings is 1. The number of rotatable bonds is 6. The maximum Gasteiger partial charge on any atom is 0.260 e. The van der Waals surface area contributed by atoms with E-state index in [-0.39, 0.29) is 19.3 Å². The molecule has 19 heavy (non-hydrogen) atoms. The van der Waals surface area contributed by atoms with E-state index in [1.54, 1.807) is 30.1 Å². The zero-order valence-electron chi connectivity index (χ0n) is 10.9. The minimum atomic E-state index is -0.0777. The van der Waals surface area contributed by atoms with Crippen molar-refractivity contribution in [3.05, 3.63) is 18.2 Å². The van der Waals surface area contributed by atoms with Crippen LogP contribution in [0.1, 0.15) is 6.42 Å². The molecule has 1 aromatic rings. The van der Waals surface area contributed by atoms with Gasteiger partial charge in [0.25, 0.3) is 5.91 Å². The van der Waals surface area contributed by atoms with Gasteiger partial charge in [-0.05, 0) is 25.1 Å². The van der Waals surface area contributed by atoms with Gasteiger partial charge in [0.2, 0.25) is 6.79 Å². The second-order valence-electron chi connectivity index (χ2n) is 4.26. The minimum Gasteiger partial charge on any atom is -0.484 e. The molecule has 0 bridgehead atoms. The Hall–Kier alpha value is -1.95. The molecule has 2 rings (SSSR count). The van der Waals surface area contributed by atoms with Gasteiger partial charge < -0.3 is 24.8 Å². The molecule has 0 aliphatic carbocycles. The SMILES string of the molecule is CN(CCCN)C(=O)COc1ccc2c(c1)OCO2. The molecule has 0 unspecified atom stereocenters. The molecule has 0 aromatic heterocycles. The van der Waals surface area contributed by atoms with Gasteiger partial charge in [0, 0.05) is 19.7 Å². The number of nitrogens with zero attached hydrogens (tertiary/aromatic N) is 1. The van der Waals surface area contributed by atoms with Crippen LogP contribution in [-0.4, -0.2) is 44.3 Å². The Morgan fingerprint density at radius 1 is 1.42 bits per heavy atom. The lowest BCUT2D eigenvalue weighted by atomic mass is 10.3. The number of ether oxygens (including phenoxy) is 3. The molecule has 0 radical (unpaired) electrons. The Morgan fingerprint density at radius 3 is 3.00 bits per heavy atom. The number of hydrogen-bond acceptors (Lipinski definition) is 5. The van der Waals surface area contributed by atoms with Crippen LogP contribution in [0.25, 0.3) is 0 Å². The summed E-state index contributed by atoms with van der Waals surface area (Å²) in [6, 6.07) is 5.23. The number of nitrogens with two attached hydrogens (primary N) is 1. The highest BCUT2D eigenvalue weighted by atomic mass is 16.7.